The fourth-order valence-corrected chi connectivity index (χ4v) is 3.37. The van der Waals surface area contributed by atoms with Crippen molar-refractivity contribution < 1.29 is 0 Å². The number of aromatic nitrogens is 3. The Morgan fingerprint density at radius 3 is 2.42 bits per heavy atom. The lowest BCUT2D eigenvalue weighted by atomic mass is 10.0. The summed E-state index contributed by atoms with van der Waals surface area (Å²) in [6.07, 6.45) is 2.38. The lowest BCUT2D eigenvalue weighted by molar-refractivity contribution is 1.03. The molecule has 0 aliphatic carbocycles. The number of rotatable bonds is 3. The number of hydrogen-bond acceptors (Lipinski definition) is 3. The number of pyridine rings is 1. The number of fused-ring (bicyclic) bond motifs is 1. The second kappa shape index (κ2) is 7.02. The van der Waals surface area contributed by atoms with Crippen LogP contribution in [0.2, 0.25) is 10.0 Å². The van der Waals surface area contributed by atoms with Crippen LogP contribution in [0.1, 0.15) is 16.8 Å². The van der Waals surface area contributed by atoms with E-state index >= 15 is 0 Å². The highest BCUT2D eigenvalue weighted by atomic mass is 35.5. The van der Waals surface area contributed by atoms with Gasteiger partial charge in [0, 0.05) is 33.7 Å². The standard InChI is InChI=1S/C21H15Cl2N3/c1-13-9-10-19(21-24-12-14-5-2-3-8-18(14)26-21)25-20(13)11-15-16(22)6-4-7-17(15)23/h2-10,12H,11H2,1H3. The minimum atomic E-state index is 0.561. The number of para-hydroxylation sites is 1. The van der Waals surface area contributed by atoms with Gasteiger partial charge in [0.15, 0.2) is 5.82 Å². The van der Waals surface area contributed by atoms with Gasteiger partial charge in [-0.05, 0) is 42.3 Å². The maximum absolute atomic E-state index is 6.32. The van der Waals surface area contributed by atoms with Gasteiger partial charge in [-0.1, -0.05) is 53.5 Å². The van der Waals surface area contributed by atoms with Gasteiger partial charge in [0.1, 0.15) is 5.69 Å². The average Bonchev–Trinajstić information content (AvgIpc) is 2.66. The zero-order valence-corrected chi connectivity index (χ0v) is 15.6. The highest BCUT2D eigenvalue weighted by molar-refractivity contribution is 6.36. The molecule has 0 saturated heterocycles. The number of halogens is 2. The van der Waals surface area contributed by atoms with E-state index in [1.807, 2.05) is 67.7 Å². The number of aryl methyl sites for hydroxylation is 1. The maximum atomic E-state index is 6.32. The van der Waals surface area contributed by atoms with Gasteiger partial charge in [0.25, 0.3) is 0 Å². The molecule has 2 aromatic heterocycles. The van der Waals surface area contributed by atoms with Gasteiger partial charge in [-0.25, -0.2) is 15.0 Å². The molecule has 0 aliphatic heterocycles. The fraction of sp³-hybridized carbons (Fsp3) is 0.0952. The quantitative estimate of drug-likeness (QED) is 0.444. The Kier molecular flexibility index (Phi) is 4.58. The second-order valence-corrected chi connectivity index (χ2v) is 6.90. The summed E-state index contributed by atoms with van der Waals surface area (Å²) in [7, 11) is 0. The van der Waals surface area contributed by atoms with Crippen LogP contribution in [0, 0.1) is 6.92 Å². The normalized spacial score (nSPS) is 11.0. The van der Waals surface area contributed by atoms with Gasteiger partial charge in [0.2, 0.25) is 0 Å². The van der Waals surface area contributed by atoms with E-state index < -0.39 is 0 Å². The maximum Gasteiger partial charge on any atom is 0.178 e. The summed E-state index contributed by atoms with van der Waals surface area (Å²) in [5.74, 6) is 0.607. The molecule has 0 saturated carbocycles. The molecule has 0 bridgehead atoms. The number of nitrogens with zero attached hydrogens (tertiary/aromatic N) is 3. The molecule has 0 N–H and O–H groups in total. The van der Waals surface area contributed by atoms with E-state index in [-0.39, 0.29) is 0 Å². The first kappa shape index (κ1) is 17.0. The molecule has 3 nitrogen and oxygen atoms in total. The number of benzene rings is 2. The predicted molar refractivity (Wildman–Crippen MR) is 107 cm³/mol. The summed E-state index contributed by atoms with van der Waals surface area (Å²) in [5.41, 5.74) is 4.50. The van der Waals surface area contributed by atoms with E-state index in [1.165, 1.54) is 0 Å². The first-order valence-electron chi connectivity index (χ1n) is 8.23. The van der Waals surface area contributed by atoms with E-state index in [4.69, 9.17) is 28.2 Å². The molecule has 0 aliphatic rings. The monoisotopic (exact) mass is 379 g/mol. The lowest BCUT2D eigenvalue weighted by Gasteiger charge is -2.10. The molecule has 4 aromatic rings. The summed E-state index contributed by atoms with van der Waals surface area (Å²) in [5, 5.41) is 2.29. The van der Waals surface area contributed by atoms with Crippen molar-refractivity contribution in [2.45, 2.75) is 13.3 Å². The van der Waals surface area contributed by atoms with E-state index in [9.17, 15) is 0 Å². The minimum Gasteiger partial charge on any atom is -0.249 e. The molecule has 0 spiro atoms. The summed E-state index contributed by atoms with van der Waals surface area (Å²) in [6, 6.07) is 17.4. The highest BCUT2D eigenvalue weighted by Gasteiger charge is 2.12. The van der Waals surface area contributed by atoms with Crippen LogP contribution in [0.25, 0.3) is 22.4 Å². The van der Waals surface area contributed by atoms with Crippen LogP contribution in [0.15, 0.2) is 60.8 Å². The van der Waals surface area contributed by atoms with E-state index in [0.717, 1.165) is 33.4 Å². The molecular weight excluding hydrogens is 365 g/mol. The molecule has 2 heterocycles. The van der Waals surface area contributed by atoms with Crippen molar-refractivity contribution in [2.75, 3.05) is 0 Å². The fourth-order valence-electron chi connectivity index (χ4n) is 2.84. The highest BCUT2D eigenvalue weighted by Crippen LogP contribution is 2.28. The Labute approximate surface area is 161 Å². The van der Waals surface area contributed by atoms with Crippen molar-refractivity contribution in [1.82, 2.24) is 15.0 Å². The van der Waals surface area contributed by atoms with Gasteiger partial charge in [0.05, 0.1) is 5.52 Å². The summed E-state index contributed by atoms with van der Waals surface area (Å²) in [4.78, 5) is 13.9. The van der Waals surface area contributed by atoms with Gasteiger partial charge < -0.3 is 0 Å². The third-order valence-corrected chi connectivity index (χ3v) is 5.03. The topological polar surface area (TPSA) is 38.7 Å². The van der Waals surface area contributed by atoms with Crippen molar-refractivity contribution in [3.8, 4) is 11.5 Å². The van der Waals surface area contributed by atoms with Crippen LogP contribution in [-0.4, -0.2) is 15.0 Å². The molecule has 4 rings (SSSR count). The van der Waals surface area contributed by atoms with Crippen molar-refractivity contribution in [2.24, 2.45) is 0 Å². The zero-order valence-electron chi connectivity index (χ0n) is 14.1. The molecule has 0 fully saturated rings. The van der Waals surface area contributed by atoms with Crippen LogP contribution in [-0.2, 0) is 6.42 Å². The van der Waals surface area contributed by atoms with E-state index in [1.54, 1.807) is 0 Å². The average molecular weight is 380 g/mol. The molecule has 2 aromatic carbocycles. The first-order valence-corrected chi connectivity index (χ1v) is 8.99. The summed E-state index contributed by atoms with van der Waals surface area (Å²) in [6.45, 7) is 2.03. The molecule has 0 unspecified atom stereocenters. The molecule has 128 valence electrons. The molecule has 5 heteroatoms. The van der Waals surface area contributed by atoms with Crippen LogP contribution >= 0.6 is 23.2 Å². The van der Waals surface area contributed by atoms with Crippen LogP contribution in [0.3, 0.4) is 0 Å². The second-order valence-electron chi connectivity index (χ2n) is 6.09. The van der Waals surface area contributed by atoms with Crippen LogP contribution in [0.4, 0.5) is 0 Å². The lowest BCUT2D eigenvalue weighted by Crippen LogP contribution is -2.01. The Morgan fingerprint density at radius 1 is 0.846 bits per heavy atom. The Balaban J connectivity index is 1.76. The Bertz CT molecular complexity index is 1090. The van der Waals surface area contributed by atoms with E-state index in [2.05, 4.69) is 9.97 Å². The van der Waals surface area contributed by atoms with Crippen molar-refractivity contribution in [3.63, 3.8) is 0 Å². The SMILES string of the molecule is Cc1ccc(-c2ncc3ccccc3n2)nc1Cc1c(Cl)cccc1Cl. The minimum absolute atomic E-state index is 0.561. The first-order chi connectivity index (χ1) is 12.6. The zero-order chi connectivity index (χ0) is 18.1. The molecule has 0 atom stereocenters. The van der Waals surface area contributed by atoms with Gasteiger partial charge >= 0.3 is 0 Å². The largest absolute Gasteiger partial charge is 0.249 e. The number of hydrogen-bond donors (Lipinski definition) is 0. The van der Waals surface area contributed by atoms with Crippen molar-refractivity contribution >= 4 is 34.1 Å². The third kappa shape index (κ3) is 3.28. The summed E-state index contributed by atoms with van der Waals surface area (Å²) < 4.78 is 0. The molecule has 0 radical (unpaired) electrons. The van der Waals surface area contributed by atoms with Gasteiger partial charge in [-0.3, -0.25) is 0 Å². The van der Waals surface area contributed by atoms with Crippen LogP contribution in [0.5, 0.6) is 0 Å². The molecule has 26 heavy (non-hydrogen) atoms. The van der Waals surface area contributed by atoms with Crippen molar-refractivity contribution in [3.05, 3.63) is 87.7 Å². The van der Waals surface area contributed by atoms with E-state index in [0.29, 0.717) is 22.3 Å². The van der Waals surface area contributed by atoms with Crippen molar-refractivity contribution in [1.29, 1.82) is 0 Å². The Hall–Kier alpha value is -2.49. The van der Waals surface area contributed by atoms with Crippen LogP contribution < -0.4 is 0 Å². The molecule has 0 amide bonds. The smallest absolute Gasteiger partial charge is 0.178 e. The van der Waals surface area contributed by atoms with Gasteiger partial charge in [-0.15, -0.1) is 0 Å². The summed E-state index contributed by atoms with van der Waals surface area (Å²) >= 11 is 12.6. The molecular formula is C21H15Cl2N3. The Morgan fingerprint density at radius 2 is 1.62 bits per heavy atom. The third-order valence-electron chi connectivity index (χ3n) is 4.33. The predicted octanol–water partition coefficient (Wildman–Crippen LogP) is 5.90. The van der Waals surface area contributed by atoms with Gasteiger partial charge in [-0.2, -0.15) is 0 Å².